The molecule has 1 atom stereocenters. The van der Waals surface area contributed by atoms with E-state index < -0.39 is 0 Å². The summed E-state index contributed by atoms with van der Waals surface area (Å²) >= 11 is 12.5. The average Bonchev–Trinajstić information content (AvgIpc) is 2.85. The molecular weight excluding hydrogens is 317 g/mol. The first kappa shape index (κ1) is 16.1. The molecule has 4 heteroatoms. The van der Waals surface area contributed by atoms with Crippen LogP contribution < -0.4 is 0 Å². The van der Waals surface area contributed by atoms with E-state index in [2.05, 4.69) is 4.90 Å². The number of halogens is 2. The van der Waals surface area contributed by atoms with Crippen molar-refractivity contribution >= 4 is 29.1 Å². The SMILES string of the molecule is O=C1C(Cc2c(Cl)cccc2Cl)CCN1CC1CCCCC1. The largest absolute Gasteiger partial charge is 0.342 e. The van der Waals surface area contributed by atoms with Crippen LogP contribution in [0, 0.1) is 11.8 Å². The Morgan fingerprint density at radius 3 is 2.41 bits per heavy atom. The summed E-state index contributed by atoms with van der Waals surface area (Å²) in [5, 5.41) is 1.34. The van der Waals surface area contributed by atoms with Gasteiger partial charge in [0.05, 0.1) is 0 Å². The fourth-order valence-corrected chi connectivity index (χ4v) is 4.38. The number of carbonyl (C=O) groups excluding carboxylic acids is 1. The standard InChI is InChI=1S/C18H23Cl2NO/c19-16-7-4-8-17(20)15(16)11-14-9-10-21(18(14)22)12-13-5-2-1-3-6-13/h4,7-8,13-14H,1-3,5-6,9-12H2. The van der Waals surface area contributed by atoms with Crippen molar-refractivity contribution in [2.45, 2.75) is 44.9 Å². The minimum atomic E-state index is 0.0426. The molecule has 0 N–H and O–H groups in total. The molecule has 1 aromatic carbocycles. The van der Waals surface area contributed by atoms with Crippen LogP contribution in [0.15, 0.2) is 18.2 Å². The predicted octanol–water partition coefficient (Wildman–Crippen LogP) is 4.96. The Bertz CT molecular complexity index is 520. The van der Waals surface area contributed by atoms with Gasteiger partial charge in [-0.25, -0.2) is 0 Å². The van der Waals surface area contributed by atoms with Gasteiger partial charge in [-0.15, -0.1) is 0 Å². The number of likely N-dealkylation sites (tertiary alicyclic amines) is 1. The third kappa shape index (κ3) is 3.60. The third-order valence-corrected chi connectivity index (χ3v) is 5.83. The quantitative estimate of drug-likeness (QED) is 0.758. The van der Waals surface area contributed by atoms with Gasteiger partial charge in [0, 0.05) is 29.1 Å². The first-order valence-electron chi connectivity index (χ1n) is 8.37. The molecule has 1 heterocycles. The highest BCUT2D eigenvalue weighted by Crippen LogP contribution is 2.32. The lowest BCUT2D eigenvalue weighted by atomic mass is 9.89. The molecule has 1 aliphatic carbocycles. The van der Waals surface area contributed by atoms with E-state index in [-0.39, 0.29) is 5.92 Å². The van der Waals surface area contributed by atoms with E-state index in [0.29, 0.717) is 28.3 Å². The van der Waals surface area contributed by atoms with Crippen LogP contribution in [0.2, 0.25) is 10.0 Å². The number of benzene rings is 1. The van der Waals surface area contributed by atoms with Crippen LogP contribution in [-0.2, 0) is 11.2 Å². The van der Waals surface area contributed by atoms with Gasteiger partial charge in [0.15, 0.2) is 0 Å². The minimum Gasteiger partial charge on any atom is -0.342 e. The summed E-state index contributed by atoms with van der Waals surface area (Å²) in [6.45, 7) is 1.84. The summed E-state index contributed by atoms with van der Waals surface area (Å²) in [5.74, 6) is 1.04. The van der Waals surface area contributed by atoms with Gasteiger partial charge >= 0.3 is 0 Å². The van der Waals surface area contributed by atoms with Crippen LogP contribution >= 0.6 is 23.2 Å². The molecule has 1 aromatic rings. The monoisotopic (exact) mass is 339 g/mol. The highest BCUT2D eigenvalue weighted by molar-refractivity contribution is 6.36. The van der Waals surface area contributed by atoms with Gasteiger partial charge in [0.1, 0.15) is 0 Å². The highest BCUT2D eigenvalue weighted by atomic mass is 35.5. The van der Waals surface area contributed by atoms with Gasteiger partial charge in [-0.3, -0.25) is 4.79 Å². The Labute approximate surface area is 142 Å². The highest BCUT2D eigenvalue weighted by Gasteiger charge is 2.33. The van der Waals surface area contributed by atoms with Crippen LogP contribution in [0.5, 0.6) is 0 Å². The van der Waals surface area contributed by atoms with Crippen LogP contribution in [0.4, 0.5) is 0 Å². The first-order valence-corrected chi connectivity index (χ1v) is 9.12. The first-order chi connectivity index (χ1) is 10.6. The van der Waals surface area contributed by atoms with Gasteiger partial charge < -0.3 is 4.90 Å². The number of nitrogens with zero attached hydrogens (tertiary/aromatic N) is 1. The zero-order chi connectivity index (χ0) is 15.5. The maximum Gasteiger partial charge on any atom is 0.226 e. The number of hydrogen-bond acceptors (Lipinski definition) is 1. The molecule has 1 saturated heterocycles. The lowest BCUT2D eigenvalue weighted by Gasteiger charge is -2.27. The van der Waals surface area contributed by atoms with Crippen LogP contribution in [0.1, 0.15) is 44.1 Å². The predicted molar refractivity (Wildman–Crippen MR) is 91.4 cm³/mol. The molecule has 120 valence electrons. The molecule has 2 fully saturated rings. The topological polar surface area (TPSA) is 20.3 Å². The van der Waals surface area contributed by atoms with Gasteiger partial charge in [0.2, 0.25) is 5.91 Å². The van der Waals surface area contributed by atoms with E-state index in [0.717, 1.165) is 25.1 Å². The van der Waals surface area contributed by atoms with E-state index in [9.17, 15) is 4.79 Å². The summed E-state index contributed by atoms with van der Waals surface area (Å²) in [7, 11) is 0. The molecule has 3 rings (SSSR count). The second-order valence-electron chi connectivity index (χ2n) is 6.68. The molecule has 0 radical (unpaired) electrons. The van der Waals surface area contributed by atoms with Crippen LogP contribution in [-0.4, -0.2) is 23.9 Å². The van der Waals surface area contributed by atoms with E-state index in [4.69, 9.17) is 23.2 Å². The van der Waals surface area contributed by atoms with E-state index in [1.165, 1.54) is 32.1 Å². The van der Waals surface area contributed by atoms with Crippen molar-refractivity contribution in [2.24, 2.45) is 11.8 Å². The molecule has 0 spiro atoms. The summed E-state index contributed by atoms with van der Waals surface area (Å²) in [6.07, 6.45) is 8.16. The van der Waals surface area contributed by atoms with Crippen LogP contribution in [0.3, 0.4) is 0 Å². The van der Waals surface area contributed by atoms with E-state index in [1.54, 1.807) is 0 Å². The zero-order valence-electron chi connectivity index (χ0n) is 12.9. The molecule has 2 nitrogen and oxygen atoms in total. The van der Waals surface area contributed by atoms with Crippen molar-refractivity contribution in [3.63, 3.8) is 0 Å². The third-order valence-electron chi connectivity index (χ3n) is 5.12. The smallest absolute Gasteiger partial charge is 0.226 e. The Morgan fingerprint density at radius 1 is 1.05 bits per heavy atom. The van der Waals surface area contributed by atoms with Crippen molar-refractivity contribution in [1.29, 1.82) is 0 Å². The molecule has 1 aliphatic heterocycles. The number of amides is 1. The molecule has 0 bridgehead atoms. The van der Waals surface area contributed by atoms with Gasteiger partial charge in [-0.2, -0.15) is 0 Å². The molecule has 1 unspecified atom stereocenters. The molecule has 1 amide bonds. The summed E-state index contributed by atoms with van der Waals surface area (Å²) in [4.78, 5) is 14.7. The summed E-state index contributed by atoms with van der Waals surface area (Å²) < 4.78 is 0. The fraction of sp³-hybridized carbons (Fsp3) is 0.611. The van der Waals surface area contributed by atoms with Crippen molar-refractivity contribution in [3.05, 3.63) is 33.8 Å². The molecule has 0 aromatic heterocycles. The summed E-state index contributed by atoms with van der Waals surface area (Å²) in [5.41, 5.74) is 0.920. The van der Waals surface area contributed by atoms with Gasteiger partial charge in [-0.05, 0) is 49.3 Å². The second kappa shape index (κ2) is 7.23. The Kier molecular flexibility index (Phi) is 5.30. The second-order valence-corrected chi connectivity index (χ2v) is 7.49. The molecular formula is C18H23Cl2NO. The molecule has 22 heavy (non-hydrogen) atoms. The lowest BCUT2D eigenvalue weighted by molar-refractivity contribution is -0.131. The lowest BCUT2D eigenvalue weighted by Crippen LogP contribution is -2.33. The van der Waals surface area contributed by atoms with Crippen molar-refractivity contribution < 1.29 is 4.79 Å². The van der Waals surface area contributed by atoms with Crippen molar-refractivity contribution in [3.8, 4) is 0 Å². The van der Waals surface area contributed by atoms with E-state index in [1.807, 2.05) is 18.2 Å². The summed E-state index contributed by atoms with van der Waals surface area (Å²) in [6, 6.07) is 5.55. The van der Waals surface area contributed by atoms with Gasteiger partial charge in [0.25, 0.3) is 0 Å². The zero-order valence-corrected chi connectivity index (χ0v) is 14.4. The average molecular weight is 340 g/mol. The molecule has 2 aliphatic rings. The normalized spacial score (nSPS) is 23.3. The maximum absolute atomic E-state index is 12.6. The number of rotatable bonds is 4. The van der Waals surface area contributed by atoms with E-state index >= 15 is 0 Å². The van der Waals surface area contributed by atoms with Crippen molar-refractivity contribution in [2.75, 3.05) is 13.1 Å². The molecule has 1 saturated carbocycles. The maximum atomic E-state index is 12.6. The Hall–Kier alpha value is -0.730. The van der Waals surface area contributed by atoms with Crippen LogP contribution in [0.25, 0.3) is 0 Å². The van der Waals surface area contributed by atoms with Crippen molar-refractivity contribution in [1.82, 2.24) is 4.90 Å². The Balaban J connectivity index is 1.61. The van der Waals surface area contributed by atoms with Gasteiger partial charge in [-0.1, -0.05) is 48.5 Å². The minimum absolute atomic E-state index is 0.0426. The Morgan fingerprint density at radius 2 is 1.73 bits per heavy atom. The number of carbonyl (C=O) groups is 1. The number of hydrogen-bond donors (Lipinski definition) is 0. The fourth-order valence-electron chi connectivity index (χ4n) is 3.83.